The minimum absolute atomic E-state index is 0.0826. The second-order valence-electron chi connectivity index (χ2n) is 7.56. The Kier molecular flexibility index (Phi) is 7.37. The van der Waals surface area contributed by atoms with Crippen LogP contribution in [0, 0.1) is 23.1 Å². The van der Waals surface area contributed by atoms with Gasteiger partial charge >= 0.3 is 5.97 Å². The zero-order valence-electron chi connectivity index (χ0n) is 16.7. The second kappa shape index (κ2) is 10.2. The van der Waals surface area contributed by atoms with Crippen LogP contribution in [0.5, 0.6) is 5.75 Å². The minimum atomic E-state index is -0.705. The molecule has 4 nitrogen and oxygen atoms in total. The Morgan fingerprint density at radius 3 is 2.48 bits per heavy atom. The van der Waals surface area contributed by atoms with E-state index in [1.165, 1.54) is 30.5 Å². The summed E-state index contributed by atoms with van der Waals surface area (Å²) in [7, 11) is 0. The van der Waals surface area contributed by atoms with Crippen molar-refractivity contribution >= 4 is 5.97 Å². The van der Waals surface area contributed by atoms with E-state index in [0.717, 1.165) is 38.5 Å². The van der Waals surface area contributed by atoms with Crippen LogP contribution in [0.15, 0.2) is 42.5 Å². The molecule has 0 radical (unpaired) electrons. The van der Waals surface area contributed by atoms with Gasteiger partial charge in [0.1, 0.15) is 17.6 Å². The fourth-order valence-corrected chi connectivity index (χ4v) is 3.76. The molecule has 3 rings (SSSR count). The topological polar surface area (TPSA) is 59.3 Å². The van der Waals surface area contributed by atoms with Crippen LogP contribution in [0.25, 0.3) is 0 Å². The molecular weight excluding hydrogens is 369 g/mol. The number of carbonyl (C=O) groups is 1. The number of esters is 1. The maximum absolute atomic E-state index is 13.7. The van der Waals surface area contributed by atoms with Crippen LogP contribution in [0.4, 0.5) is 4.39 Å². The highest BCUT2D eigenvalue weighted by molar-refractivity contribution is 5.91. The molecule has 1 fully saturated rings. The Morgan fingerprint density at radius 2 is 1.86 bits per heavy atom. The highest BCUT2D eigenvalue weighted by Crippen LogP contribution is 2.36. The molecule has 29 heavy (non-hydrogen) atoms. The third kappa shape index (κ3) is 5.65. The standard InChI is InChI=1S/C24H26FNO3/c1-2-13-28-16-17-3-5-18(6-4-17)19-7-9-20(10-8-19)24(27)29-22-12-11-21(15-26)23(25)14-22/h7-12,14,17-18H,2-6,13,16H2,1H3. The molecule has 0 saturated heterocycles. The van der Waals surface area contributed by atoms with Gasteiger partial charge in [-0.1, -0.05) is 19.1 Å². The average Bonchev–Trinajstić information content (AvgIpc) is 2.75. The zero-order valence-corrected chi connectivity index (χ0v) is 16.7. The third-order valence-electron chi connectivity index (χ3n) is 5.44. The number of hydrogen-bond acceptors (Lipinski definition) is 4. The van der Waals surface area contributed by atoms with E-state index in [0.29, 0.717) is 17.4 Å². The maximum Gasteiger partial charge on any atom is 0.343 e. The summed E-state index contributed by atoms with van der Waals surface area (Å²) < 4.78 is 24.6. The average molecular weight is 395 g/mol. The van der Waals surface area contributed by atoms with Gasteiger partial charge in [-0.25, -0.2) is 9.18 Å². The van der Waals surface area contributed by atoms with E-state index in [2.05, 4.69) is 6.92 Å². The van der Waals surface area contributed by atoms with Gasteiger partial charge in [0, 0.05) is 19.3 Å². The summed E-state index contributed by atoms with van der Waals surface area (Å²) in [6, 6.07) is 13.0. The largest absolute Gasteiger partial charge is 0.423 e. The number of halogens is 1. The molecule has 1 saturated carbocycles. The van der Waals surface area contributed by atoms with Crippen molar-refractivity contribution < 1.29 is 18.7 Å². The van der Waals surface area contributed by atoms with E-state index in [1.807, 2.05) is 12.1 Å². The monoisotopic (exact) mass is 395 g/mol. The van der Waals surface area contributed by atoms with Crippen LogP contribution >= 0.6 is 0 Å². The number of nitrogens with zero attached hydrogens (tertiary/aromatic N) is 1. The molecule has 0 N–H and O–H groups in total. The molecule has 1 aliphatic carbocycles. The van der Waals surface area contributed by atoms with E-state index in [9.17, 15) is 9.18 Å². The number of carbonyl (C=O) groups excluding carboxylic acids is 1. The summed E-state index contributed by atoms with van der Waals surface area (Å²) in [5.74, 6) is -0.00420. The lowest BCUT2D eigenvalue weighted by Gasteiger charge is -2.28. The zero-order chi connectivity index (χ0) is 20.6. The summed E-state index contributed by atoms with van der Waals surface area (Å²) in [4.78, 5) is 12.3. The SMILES string of the molecule is CCCOCC1CCC(c2ccc(C(=O)Oc3ccc(C#N)c(F)c3)cc2)CC1. The smallest absolute Gasteiger partial charge is 0.343 e. The van der Waals surface area contributed by atoms with Gasteiger partial charge in [-0.3, -0.25) is 0 Å². The number of ether oxygens (including phenoxy) is 2. The molecular formula is C24H26FNO3. The van der Waals surface area contributed by atoms with E-state index in [1.54, 1.807) is 18.2 Å². The van der Waals surface area contributed by atoms with Gasteiger partial charge in [-0.2, -0.15) is 5.26 Å². The van der Waals surface area contributed by atoms with Crippen molar-refractivity contribution in [1.29, 1.82) is 5.26 Å². The highest BCUT2D eigenvalue weighted by atomic mass is 19.1. The molecule has 0 spiro atoms. The van der Waals surface area contributed by atoms with Gasteiger partial charge in [-0.05, 0) is 73.8 Å². The molecule has 0 amide bonds. The summed E-state index contributed by atoms with van der Waals surface area (Å²) in [5.41, 5.74) is 1.57. The van der Waals surface area contributed by atoms with Gasteiger partial charge in [-0.15, -0.1) is 0 Å². The van der Waals surface area contributed by atoms with Gasteiger partial charge in [0.05, 0.1) is 11.1 Å². The summed E-state index contributed by atoms with van der Waals surface area (Å²) >= 11 is 0. The number of rotatable bonds is 7. The van der Waals surface area contributed by atoms with Crippen molar-refractivity contribution in [3.05, 3.63) is 65.0 Å². The summed E-state index contributed by atoms with van der Waals surface area (Å²) in [6.45, 7) is 3.83. The normalized spacial score (nSPS) is 18.8. The Morgan fingerprint density at radius 1 is 1.14 bits per heavy atom. The molecule has 5 heteroatoms. The summed E-state index contributed by atoms with van der Waals surface area (Å²) in [5, 5.41) is 8.76. The lowest BCUT2D eigenvalue weighted by molar-refractivity contribution is 0.0734. The van der Waals surface area contributed by atoms with E-state index in [4.69, 9.17) is 14.7 Å². The molecule has 1 aliphatic rings. The van der Waals surface area contributed by atoms with Crippen molar-refractivity contribution in [2.45, 2.75) is 44.9 Å². The first-order valence-electron chi connectivity index (χ1n) is 10.2. The Balaban J connectivity index is 1.54. The fraction of sp³-hybridized carbons (Fsp3) is 0.417. The molecule has 0 bridgehead atoms. The number of nitriles is 1. The number of benzene rings is 2. The molecule has 152 valence electrons. The predicted octanol–water partition coefficient (Wildman–Crippen LogP) is 5.62. The lowest BCUT2D eigenvalue weighted by Crippen LogP contribution is -2.18. The van der Waals surface area contributed by atoms with Crippen molar-refractivity contribution in [1.82, 2.24) is 0 Å². The minimum Gasteiger partial charge on any atom is -0.423 e. The summed E-state index contributed by atoms with van der Waals surface area (Å²) in [6.07, 6.45) is 5.66. The van der Waals surface area contributed by atoms with Gasteiger partial charge < -0.3 is 9.47 Å². The van der Waals surface area contributed by atoms with E-state index < -0.39 is 11.8 Å². The third-order valence-corrected chi connectivity index (χ3v) is 5.44. The van der Waals surface area contributed by atoms with Crippen molar-refractivity contribution in [3.8, 4) is 11.8 Å². The van der Waals surface area contributed by atoms with Crippen molar-refractivity contribution in [2.24, 2.45) is 5.92 Å². The lowest BCUT2D eigenvalue weighted by atomic mass is 9.79. The Labute approximate surface area is 171 Å². The molecule has 0 heterocycles. The van der Waals surface area contributed by atoms with Crippen LogP contribution in [0.2, 0.25) is 0 Å². The van der Waals surface area contributed by atoms with E-state index >= 15 is 0 Å². The van der Waals surface area contributed by atoms with Crippen LogP contribution in [0.3, 0.4) is 0 Å². The van der Waals surface area contributed by atoms with Gasteiger partial charge in [0.2, 0.25) is 0 Å². The molecule has 0 unspecified atom stereocenters. The van der Waals surface area contributed by atoms with Crippen molar-refractivity contribution in [2.75, 3.05) is 13.2 Å². The first-order chi connectivity index (χ1) is 14.1. The molecule has 2 aromatic rings. The van der Waals surface area contributed by atoms with Gasteiger partial charge in [0.25, 0.3) is 0 Å². The Bertz CT molecular complexity index is 865. The van der Waals surface area contributed by atoms with Crippen LogP contribution in [-0.4, -0.2) is 19.2 Å². The maximum atomic E-state index is 13.7. The molecule has 0 atom stereocenters. The Hall–Kier alpha value is -2.71. The first kappa shape index (κ1) is 21.0. The predicted molar refractivity (Wildman–Crippen MR) is 108 cm³/mol. The quantitative estimate of drug-likeness (QED) is 0.347. The van der Waals surface area contributed by atoms with Crippen LogP contribution < -0.4 is 4.74 Å². The molecule has 0 aliphatic heterocycles. The fourth-order valence-electron chi connectivity index (χ4n) is 3.76. The first-order valence-corrected chi connectivity index (χ1v) is 10.2. The van der Waals surface area contributed by atoms with Crippen LogP contribution in [0.1, 0.15) is 66.4 Å². The second-order valence-corrected chi connectivity index (χ2v) is 7.56. The van der Waals surface area contributed by atoms with Crippen molar-refractivity contribution in [3.63, 3.8) is 0 Å². The highest BCUT2D eigenvalue weighted by Gasteiger charge is 2.22. The van der Waals surface area contributed by atoms with Crippen LogP contribution in [-0.2, 0) is 4.74 Å². The number of hydrogen-bond donors (Lipinski definition) is 0. The van der Waals surface area contributed by atoms with Gasteiger partial charge in [0.15, 0.2) is 0 Å². The molecule has 2 aromatic carbocycles. The van der Waals surface area contributed by atoms with E-state index in [-0.39, 0.29) is 11.3 Å². The molecule has 0 aromatic heterocycles.